The molecule has 2 fully saturated rings. The SMILES string of the molecule is COCCOCCOCC(=O)N1CCC(c2nc(C(=O)N3CCN(C/C=C\c4ccccc4)CC3)cs2)CC1. The molecule has 1 aromatic heterocycles. The quantitative estimate of drug-likeness (QED) is 0.351. The molecule has 3 heterocycles. The highest BCUT2D eigenvalue weighted by Gasteiger charge is 2.28. The second-order valence-corrected chi connectivity index (χ2v) is 10.7. The van der Waals surface area contributed by atoms with Crippen molar-refractivity contribution in [2.75, 3.05) is 86.0 Å². The lowest BCUT2D eigenvalue weighted by atomic mass is 9.97. The summed E-state index contributed by atoms with van der Waals surface area (Å²) in [6, 6.07) is 10.3. The molecule has 0 radical (unpaired) electrons. The van der Waals surface area contributed by atoms with E-state index in [0.29, 0.717) is 58.3 Å². The van der Waals surface area contributed by atoms with Crippen molar-refractivity contribution in [1.82, 2.24) is 19.7 Å². The van der Waals surface area contributed by atoms with Crippen molar-refractivity contribution in [2.24, 2.45) is 0 Å². The molecule has 4 rings (SSSR count). The molecule has 0 saturated carbocycles. The summed E-state index contributed by atoms with van der Waals surface area (Å²) in [6.07, 6.45) is 6.03. The fraction of sp³-hybridized carbons (Fsp3) is 0.552. The Kier molecular flexibility index (Phi) is 11.9. The van der Waals surface area contributed by atoms with E-state index in [4.69, 9.17) is 19.2 Å². The maximum absolute atomic E-state index is 13.1. The standard InChI is InChI=1S/C29H40N4O5S/c1-36-18-19-37-20-21-38-22-27(34)32-12-9-25(10-13-32)28-30-26(23-39-28)29(35)33-16-14-31(15-17-33)11-5-8-24-6-3-2-4-7-24/h2-8,23,25H,9-22H2,1H3/b8-5-. The summed E-state index contributed by atoms with van der Waals surface area (Å²) in [5, 5.41) is 2.90. The molecular formula is C29H40N4O5S. The number of aromatic nitrogens is 1. The molecule has 0 aliphatic carbocycles. The molecule has 0 N–H and O–H groups in total. The Bertz CT molecular complexity index is 1050. The summed E-state index contributed by atoms with van der Waals surface area (Å²) in [7, 11) is 1.63. The van der Waals surface area contributed by atoms with E-state index in [1.165, 1.54) is 5.56 Å². The summed E-state index contributed by atoms with van der Waals surface area (Å²) in [4.78, 5) is 36.4. The van der Waals surface area contributed by atoms with Gasteiger partial charge in [-0.25, -0.2) is 4.98 Å². The summed E-state index contributed by atoms with van der Waals surface area (Å²) in [5.74, 6) is 0.312. The van der Waals surface area contributed by atoms with Crippen molar-refractivity contribution in [3.63, 3.8) is 0 Å². The zero-order chi connectivity index (χ0) is 27.3. The molecule has 2 aromatic rings. The van der Waals surface area contributed by atoms with Crippen molar-refractivity contribution in [2.45, 2.75) is 18.8 Å². The number of rotatable bonds is 13. The highest BCUT2D eigenvalue weighted by atomic mass is 32.1. The summed E-state index contributed by atoms with van der Waals surface area (Å²) >= 11 is 1.56. The summed E-state index contributed by atoms with van der Waals surface area (Å²) < 4.78 is 15.7. The van der Waals surface area contributed by atoms with E-state index in [-0.39, 0.29) is 24.3 Å². The van der Waals surface area contributed by atoms with Gasteiger partial charge in [0, 0.05) is 64.2 Å². The molecule has 0 atom stereocenters. The van der Waals surface area contributed by atoms with E-state index in [1.807, 2.05) is 33.4 Å². The fourth-order valence-corrected chi connectivity index (χ4v) is 5.72. The van der Waals surface area contributed by atoms with Crippen LogP contribution in [0.4, 0.5) is 0 Å². The van der Waals surface area contributed by atoms with Crippen molar-refractivity contribution in [3.8, 4) is 0 Å². The minimum Gasteiger partial charge on any atom is -0.382 e. The third-order valence-corrected chi connectivity index (χ3v) is 8.11. The monoisotopic (exact) mass is 556 g/mol. The topological polar surface area (TPSA) is 84.4 Å². The predicted molar refractivity (Wildman–Crippen MR) is 152 cm³/mol. The molecule has 9 nitrogen and oxygen atoms in total. The lowest BCUT2D eigenvalue weighted by Crippen LogP contribution is -2.48. The van der Waals surface area contributed by atoms with Gasteiger partial charge in [0.25, 0.3) is 5.91 Å². The van der Waals surface area contributed by atoms with Gasteiger partial charge in [-0.1, -0.05) is 42.5 Å². The summed E-state index contributed by atoms with van der Waals surface area (Å²) in [6.45, 7) is 7.38. The molecule has 212 valence electrons. The number of methoxy groups -OCH3 is 1. The largest absolute Gasteiger partial charge is 0.382 e. The number of piperidine rings is 1. The van der Waals surface area contributed by atoms with Crippen LogP contribution in [0.25, 0.3) is 6.08 Å². The molecule has 2 saturated heterocycles. The van der Waals surface area contributed by atoms with Crippen LogP contribution in [-0.2, 0) is 19.0 Å². The molecule has 2 aliphatic heterocycles. The van der Waals surface area contributed by atoms with Crippen LogP contribution >= 0.6 is 11.3 Å². The van der Waals surface area contributed by atoms with Crippen LogP contribution in [0.5, 0.6) is 0 Å². The van der Waals surface area contributed by atoms with Gasteiger partial charge in [0.2, 0.25) is 5.91 Å². The van der Waals surface area contributed by atoms with Crippen LogP contribution in [0, 0.1) is 0 Å². The van der Waals surface area contributed by atoms with E-state index in [2.05, 4.69) is 29.2 Å². The minimum atomic E-state index is 0.00930. The smallest absolute Gasteiger partial charge is 0.273 e. The Morgan fingerprint density at radius 2 is 1.67 bits per heavy atom. The Morgan fingerprint density at radius 3 is 2.41 bits per heavy atom. The van der Waals surface area contributed by atoms with E-state index < -0.39 is 0 Å². The van der Waals surface area contributed by atoms with Crippen LogP contribution in [0.15, 0.2) is 41.8 Å². The van der Waals surface area contributed by atoms with Crippen molar-refractivity contribution in [3.05, 3.63) is 58.1 Å². The zero-order valence-electron chi connectivity index (χ0n) is 22.8. The van der Waals surface area contributed by atoms with Gasteiger partial charge in [0.1, 0.15) is 12.3 Å². The third kappa shape index (κ3) is 9.22. The number of hydrogen-bond donors (Lipinski definition) is 0. The number of piperazine rings is 1. The lowest BCUT2D eigenvalue weighted by molar-refractivity contribution is -0.137. The van der Waals surface area contributed by atoms with Gasteiger partial charge >= 0.3 is 0 Å². The van der Waals surface area contributed by atoms with Gasteiger partial charge in [0.15, 0.2) is 0 Å². The van der Waals surface area contributed by atoms with Gasteiger partial charge in [-0.3, -0.25) is 14.5 Å². The van der Waals surface area contributed by atoms with Crippen LogP contribution in [0.1, 0.15) is 39.8 Å². The van der Waals surface area contributed by atoms with Gasteiger partial charge in [-0.15, -0.1) is 11.3 Å². The Balaban J connectivity index is 1.14. The van der Waals surface area contributed by atoms with Gasteiger partial charge in [-0.05, 0) is 18.4 Å². The number of nitrogens with zero attached hydrogens (tertiary/aromatic N) is 4. The number of ether oxygens (including phenoxy) is 3. The van der Waals surface area contributed by atoms with Gasteiger partial charge in [-0.2, -0.15) is 0 Å². The number of hydrogen-bond acceptors (Lipinski definition) is 8. The predicted octanol–water partition coefficient (Wildman–Crippen LogP) is 3.00. The average molecular weight is 557 g/mol. The highest BCUT2D eigenvalue weighted by Crippen LogP contribution is 2.30. The van der Waals surface area contributed by atoms with Crippen molar-refractivity contribution in [1.29, 1.82) is 0 Å². The van der Waals surface area contributed by atoms with Crippen LogP contribution in [0.2, 0.25) is 0 Å². The first-order valence-corrected chi connectivity index (χ1v) is 14.6. The normalized spacial score (nSPS) is 17.3. The third-order valence-electron chi connectivity index (χ3n) is 7.10. The number of thiazole rings is 1. The molecular weight excluding hydrogens is 516 g/mol. The minimum absolute atomic E-state index is 0.00930. The molecule has 1 aromatic carbocycles. The molecule has 2 amide bonds. The van der Waals surface area contributed by atoms with Crippen molar-refractivity contribution < 1.29 is 23.8 Å². The molecule has 0 unspecified atom stereocenters. The highest BCUT2D eigenvalue weighted by molar-refractivity contribution is 7.09. The van der Waals surface area contributed by atoms with Crippen molar-refractivity contribution >= 4 is 29.2 Å². The average Bonchev–Trinajstić information content (AvgIpc) is 3.48. The first-order chi connectivity index (χ1) is 19.1. The maximum Gasteiger partial charge on any atom is 0.273 e. The number of likely N-dealkylation sites (tertiary alicyclic amines) is 1. The van der Waals surface area contributed by atoms with Crippen LogP contribution < -0.4 is 0 Å². The molecule has 39 heavy (non-hydrogen) atoms. The Morgan fingerprint density at radius 1 is 0.949 bits per heavy atom. The first kappa shape index (κ1) is 29.4. The molecule has 0 bridgehead atoms. The maximum atomic E-state index is 13.1. The van der Waals surface area contributed by atoms with Gasteiger partial charge in [0.05, 0.1) is 31.4 Å². The Labute approximate surface area is 235 Å². The lowest BCUT2D eigenvalue weighted by Gasteiger charge is -2.33. The fourth-order valence-electron chi connectivity index (χ4n) is 4.76. The van der Waals surface area contributed by atoms with E-state index >= 15 is 0 Å². The first-order valence-electron chi connectivity index (χ1n) is 13.7. The number of carbonyl (C=O) groups is 2. The molecule has 10 heteroatoms. The molecule has 2 aliphatic rings. The van der Waals surface area contributed by atoms with Gasteiger partial charge < -0.3 is 24.0 Å². The van der Waals surface area contributed by atoms with Crippen LogP contribution in [0.3, 0.4) is 0 Å². The second-order valence-electron chi connectivity index (χ2n) is 9.79. The number of benzene rings is 1. The molecule has 0 spiro atoms. The van der Waals surface area contributed by atoms with E-state index in [9.17, 15) is 9.59 Å². The zero-order valence-corrected chi connectivity index (χ0v) is 23.7. The van der Waals surface area contributed by atoms with E-state index in [1.54, 1.807) is 18.4 Å². The second kappa shape index (κ2) is 15.8. The number of carbonyl (C=O) groups excluding carboxylic acids is 2. The Hall–Kier alpha value is -2.63. The summed E-state index contributed by atoms with van der Waals surface area (Å²) in [5.41, 5.74) is 1.75. The van der Waals surface area contributed by atoms with E-state index in [0.717, 1.165) is 37.5 Å². The number of amides is 2. The van der Waals surface area contributed by atoms with Crippen LogP contribution in [-0.4, -0.2) is 117 Å².